The topological polar surface area (TPSA) is 58.6 Å². The first kappa shape index (κ1) is 14.5. The Morgan fingerprint density at radius 3 is 3.00 bits per heavy atom. The van der Waals surface area contributed by atoms with Gasteiger partial charge in [-0.1, -0.05) is 22.0 Å². The number of hydrogen-bond donors (Lipinski definition) is 2. The molecule has 2 unspecified atom stereocenters. The second kappa shape index (κ2) is 5.61. The molecule has 0 radical (unpaired) electrons. The molecule has 1 heterocycles. The van der Waals surface area contributed by atoms with E-state index in [2.05, 4.69) is 21.2 Å². The van der Waals surface area contributed by atoms with Crippen LogP contribution in [0.4, 0.5) is 0 Å². The van der Waals surface area contributed by atoms with Crippen LogP contribution in [0.15, 0.2) is 22.7 Å². The van der Waals surface area contributed by atoms with Gasteiger partial charge in [0.25, 0.3) is 5.91 Å². The quantitative estimate of drug-likeness (QED) is 0.893. The molecule has 1 aromatic rings. The minimum absolute atomic E-state index is 0.175. The summed E-state index contributed by atoms with van der Waals surface area (Å²) in [5.74, 6) is -0.175. The molecule has 2 atom stereocenters. The molecule has 1 amide bonds. The van der Waals surface area contributed by atoms with E-state index in [4.69, 9.17) is 4.74 Å². The van der Waals surface area contributed by atoms with Gasteiger partial charge in [-0.05, 0) is 31.5 Å². The molecule has 0 spiro atoms. The van der Waals surface area contributed by atoms with Gasteiger partial charge in [0, 0.05) is 29.6 Å². The van der Waals surface area contributed by atoms with Crippen LogP contribution in [0.25, 0.3) is 0 Å². The van der Waals surface area contributed by atoms with Gasteiger partial charge < -0.3 is 15.2 Å². The maximum atomic E-state index is 12.1. The first-order valence-corrected chi connectivity index (χ1v) is 7.10. The molecule has 2 rings (SSSR count). The van der Waals surface area contributed by atoms with E-state index in [0.717, 1.165) is 10.0 Å². The van der Waals surface area contributed by atoms with Crippen LogP contribution in [0.2, 0.25) is 0 Å². The monoisotopic (exact) mass is 327 g/mol. The molecule has 4 nitrogen and oxygen atoms in total. The number of rotatable bonds is 3. The van der Waals surface area contributed by atoms with Gasteiger partial charge in [0.05, 0.1) is 6.10 Å². The molecular formula is C14H18BrNO3. The lowest BCUT2D eigenvalue weighted by atomic mass is 9.96. The zero-order valence-corrected chi connectivity index (χ0v) is 12.7. The fourth-order valence-corrected chi connectivity index (χ4v) is 2.55. The van der Waals surface area contributed by atoms with E-state index < -0.39 is 5.60 Å². The minimum atomic E-state index is -0.963. The molecule has 0 saturated carbocycles. The summed E-state index contributed by atoms with van der Waals surface area (Å²) in [5, 5.41) is 13.1. The lowest BCUT2D eigenvalue weighted by Crippen LogP contribution is -2.47. The lowest BCUT2D eigenvalue weighted by Gasteiger charge is -2.26. The first-order chi connectivity index (χ1) is 8.94. The van der Waals surface area contributed by atoms with Gasteiger partial charge in [0.2, 0.25) is 0 Å². The minimum Gasteiger partial charge on any atom is -0.385 e. The van der Waals surface area contributed by atoms with E-state index in [9.17, 15) is 9.90 Å². The molecule has 2 N–H and O–H groups in total. The van der Waals surface area contributed by atoms with Gasteiger partial charge >= 0.3 is 0 Å². The van der Waals surface area contributed by atoms with Crippen molar-refractivity contribution in [3.63, 3.8) is 0 Å². The van der Waals surface area contributed by atoms with Gasteiger partial charge in [0.15, 0.2) is 0 Å². The fourth-order valence-electron chi connectivity index (χ4n) is 2.18. The van der Waals surface area contributed by atoms with E-state index in [1.807, 2.05) is 26.0 Å². The standard InChI is InChI=1S/C14H18BrNO3/c1-9-11(4-3-5-12(9)15)13(17)16-8-14(18)6-7-19-10(14)2/h3-5,10,18H,6-8H2,1-2H3,(H,16,17). The summed E-state index contributed by atoms with van der Waals surface area (Å²) in [6.07, 6.45) is 0.294. The summed E-state index contributed by atoms with van der Waals surface area (Å²) < 4.78 is 6.24. The Labute approximate surface area is 121 Å². The van der Waals surface area contributed by atoms with E-state index in [1.54, 1.807) is 6.07 Å². The van der Waals surface area contributed by atoms with E-state index in [0.29, 0.717) is 18.6 Å². The molecule has 5 heteroatoms. The van der Waals surface area contributed by atoms with Crippen molar-refractivity contribution >= 4 is 21.8 Å². The Hall–Kier alpha value is -0.910. The van der Waals surface area contributed by atoms with Crippen molar-refractivity contribution in [1.29, 1.82) is 0 Å². The molecule has 19 heavy (non-hydrogen) atoms. The third kappa shape index (κ3) is 2.99. The summed E-state index contributed by atoms with van der Waals surface area (Å²) in [7, 11) is 0. The lowest BCUT2D eigenvalue weighted by molar-refractivity contribution is -0.0251. The number of ether oxygens (including phenoxy) is 1. The third-order valence-electron chi connectivity index (χ3n) is 3.73. The number of nitrogens with one attached hydrogen (secondary N) is 1. The Bertz CT molecular complexity index is 492. The maximum absolute atomic E-state index is 12.1. The van der Waals surface area contributed by atoms with Gasteiger partial charge in [-0.25, -0.2) is 0 Å². The molecule has 1 aliphatic rings. The van der Waals surface area contributed by atoms with Crippen molar-refractivity contribution in [2.75, 3.05) is 13.2 Å². The average Bonchev–Trinajstić information content (AvgIpc) is 2.71. The SMILES string of the molecule is Cc1c(Br)cccc1C(=O)NCC1(O)CCOC1C. The predicted molar refractivity (Wildman–Crippen MR) is 76.2 cm³/mol. The second-order valence-corrected chi connectivity index (χ2v) is 5.82. The number of benzene rings is 1. The largest absolute Gasteiger partial charge is 0.385 e. The van der Waals surface area contributed by atoms with Crippen LogP contribution in [-0.2, 0) is 4.74 Å². The van der Waals surface area contributed by atoms with Crippen molar-refractivity contribution in [2.24, 2.45) is 0 Å². The van der Waals surface area contributed by atoms with Gasteiger partial charge in [0.1, 0.15) is 5.60 Å². The molecule has 0 aromatic heterocycles. The van der Waals surface area contributed by atoms with Gasteiger partial charge in [-0.15, -0.1) is 0 Å². The number of aliphatic hydroxyl groups is 1. The van der Waals surface area contributed by atoms with Crippen molar-refractivity contribution in [1.82, 2.24) is 5.32 Å². The van der Waals surface area contributed by atoms with E-state index in [1.165, 1.54) is 0 Å². The molecule has 0 bridgehead atoms. The zero-order chi connectivity index (χ0) is 14.0. The van der Waals surface area contributed by atoms with Gasteiger partial charge in [-0.3, -0.25) is 4.79 Å². The molecular weight excluding hydrogens is 310 g/mol. The molecule has 104 valence electrons. The Morgan fingerprint density at radius 1 is 1.63 bits per heavy atom. The average molecular weight is 328 g/mol. The summed E-state index contributed by atoms with van der Waals surface area (Å²) >= 11 is 3.40. The summed E-state index contributed by atoms with van der Waals surface area (Å²) in [5.41, 5.74) is 0.544. The smallest absolute Gasteiger partial charge is 0.251 e. The van der Waals surface area contributed by atoms with Crippen molar-refractivity contribution in [2.45, 2.75) is 32.0 Å². The van der Waals surface area contributed by atoms with Crippen LogP contribution in [0.5, 0.6) is 0 Å². The van der Waals surface area contributed by atoms with Crippen LogP contribution in [0.1, 0.15) is 29.3 Å². The Balaban J connectivity index is 2.04. The van der Waals surface area contributed by atoms with Crippen molar-refractivity contribution in [3.05, 3.63) is 33.8 Å². The van der Waals surface area contributed by atoms with Crippen LogP contribution in [0.3, 0.4) is 0 Å². The van der Waals surface area contributed by atoms with Crippen molar-refractivity contribution in [3.8, 4) is 0 Å². The zero-order valence-electron chi connectivity index (χ0n) is 11.1. The molecule has 1 aliphatic heterocycles. The number of carbonyl (C=O) groups excluding carboxylic acids is 1. The fraction of sp³-hybridized carbons (Fsp3) is 0.500. The highest BCUT2D eigenvalue weighted by molar-refractivity contribution is 9.10. The number of carbonyl (C=O) groups is 1. The van der Waals surface area contributed by atoms with Crippen LogP contribution in [0, 0.1) is 6.92 Å². The van der Waals surface area contributed by atoms with Crippen molar-refractivity contribution < 1.29 is 14.6 Å². The summed E-state index contributed by atoms with van der Waals surface area (Å²) in [6.45, 7) is 4.45. The summed E-state index contributed by atoms with van der Waals surface area (Å²) in [4.78, 5) is 12.1. The number of amides is 1. The Kier molecular flexibility index (Phi) is 4.28. The Morgan fingerprint density at radius 2 is 2.37 bits per heavy atom. The highest BCUT2D eigenvalue weighted by Gasteiger charge is 2.39. The number of halogens is 1. The molecule has 1 aromatic carbocycles. The van der Waals surface area contributed by atoms with E-state index >= 15 is 0 Å². The maximum Gasteiger partial charge on any atom is 0.251 e. The van der Waals surface area contributed by atoms with Gasteiger partial charge in [-0.2, -0.15) is 0 Å². The van der Waals surface area contributed by atoms with Crippen LogP contribution in [-0.4, -0.2) is 35.9 Å². The second-order valence-electron chi connectivity index (χ2n) is 4.96. The molecule has 0 aliphatic carbocycles. The summed E-state index contributed by atoms with van der Waals surface area (Å²) in [6, 6.07) is 5.49. The molecule has 1 fully saturated rings. The van der Waals surface area contributed by atoms with Crippen LogP contribution < -0.4 is 5.32 Å². The highest BCUT2D eigenvalue weighted by Crippen LogP contribution is 2.25. The third-order valence-corrected chi connectivity index (χ3v) is 4.59. The number of hydrogen-bond acceptors (Lipinski definition) is 3. The predicted octanol–water partition coefficient (Wildman–Crippen LogP) is 2.03. The normalized spacial score (nSPS) is 26.4. The highest BCUT2D eigenvalue weighted by atomic mass is 79.9. The molecule has 1 saturated heterocycles. The first-order valence-electron chi connectivity index (χ1n) is 6.31. The van der Waals surface area contributed by atoms with E-state index in [-0.39, 0.29) is 18.6 Å². The van der Waals surface area contributed by atoms with Crippen LogP contribution >= 0.6 is 15.9 Å².